The summed E-state index contributed by atoms with van der Waals surface area (Å²) < 4.78 is 38.2. The third-order valence-electron chi connectivity index (χ3n) is 1.76. The van der Waals surface area contributed by atoms with E-state index in [0.29, 0.717) is 3.57 Å². The van der Waals surface area contributed by atoms with Crippen molar-refractivity contribution in [3.05, 3.63) is 31.9 Å². The van der Waals surface area contributed by atoms with Gasteiger partial charge in [0, 0.05) is 9.13 Å². The summed E-state index contributed by atoms with van der Waals surface area (Å²) in [5, 5.41) is -0.232. The molecule has 0 heterocycles. The number of carbonyl (C=O) groups is 1. The Labute approximate surface area is 113 Å². The van der Waals surface area contributed by atoms with Crippen LogP contribution in [0.15, 0.2) is 12.1 Å². The first-order valence-electron chi connectivity index (χ1n) is 3.92. The highest BCUT2D eigenvalue weighted by Gasteiger charge is 2.36. The molecule has 1 rings (SSSR count). The van der Waals surface area contributed by atoms with Crippen molar-refractivity contribution in [2.24, 2.45) is 0 Å². The summed E-state index contributed by atoms with van der Waals surface area (Å²) >= 11 is 12.6. The standard InChI is InChI=1S/C9H4Cl2F3IO/c10-3-7(16)8-5(9(12,13)14)1-4(15)2-6(8)11/h1-2H,3H2. The summed E-state index contributed by atoms with van der Waals surface area (Å²) in [5.74, 6) is -1.38. The molecule has 0 aliphatic carbocycles. The van der Waals surface area contributed by atoms with Crippen molar-refractivity contribution in [2.45, 2.75) is 6.18 Å². The number of hydrogen-bond acceptors (Lipinski definition) is 1. The van der Waals surface area contributed by atoms with E-state index in [-0.39, 0.29) is 5.02 Å². The molecule has 0 atom stereocenters. The van der Waals surface area contributed by atoms with E-state index in [9.17, 15) is 18.0 Å². The lowest BCUT2D eigenvalue weighted by Crippen LogP contribution is -2.15. The SMILES string of the molecule is O=C(CCl)c1c(Cl)cc(I)cc1C(F)(F)F. The number of benzene rings is 1. The lowest BCUT2D eigenvalue weighted by Gasteiger charge is -2.13. The molecule has 0 bridgehead atoms. The number of ketones is 1. The van der Waals surface area contributed by atoms with E-state index in [4.69, 9.17) is 23.2 Å². The monoisotopic (exact) mass is 382 g/mol. The van der Waals surface area contributed by atoms with Gasteiger partial charge < -0.3 is 0 Å². The highest BCUT2D eigenvalue weighted by molar-refractivity contribution is 14.1. The molecule has 1 aromatic rings. The van der Waals surface area contributed by atoms with Crippen LogP contribution in [-0.4, -0.2) is 11.7 Å². The Balaban J connectivity index is 3.51. The molecule has 0 aliphatic rings. The second kappa shape index (κ2) is 5.10. The average molecular weight is 383 g/mol. The highest BCUT2D eigenvalue weighted by Crippen LogP contribution is 2.36. The van der Waals surface area contributed by atoms with Gasteiger partial charge in [-0.2, -0.15) is 13.2 Å². The van der Waals surface area contributed by atoms with Gasteiger partial charge >= 0.3 is 6.18 Å². The third-order valence-corrected chi connectivity index (χ3v) is 2.92. The zero-order valence-corrected chi connectivity index (χ0v) is 11.2. The molecule has 0 radical (unpaired) electrons. The van der Waals surface area contributed by atoms with Gasteiger partial charge in [-0.1, -0.05) is 11.6 Å². The fourth-order valence-corrected chi connectivity index (χ4v) is 2.41. The van der Waals surface area contributed by atoms with Gasteiger partial charge in [-0.15, -0.1) is 11.6 Å². The minimum absolute atomic E-state index is 0.232. The first-order chi connectivity index (χ1) is 7.27. The third kappa shape index (κ3) is 3.01. The Bertz CT molecular complexity index is 431. The summed E-state index contributed by atoms with van der Waals surface area (Å²) in [6.07, 6.45) is -4.62. The first kappa shape index (κ1) is 14.1. The van der Waals surface area contributed by atoms with E-state index in [1.54, 1.807) is 22.6 Å². The van der Waals surface area contributed by atoms with Crippen LogP contribution in [0.25, 0.3) is 0 Å². The smallest absolute Gasteiger partial charge is 0.293 e. The molecule has 0 saturated heterocycles. The summed E-state index contributed by atoms with van der Waals surface area (Å²) in [7, 11) is 0. The summed E-state index contributed by atoms with van der Waals surface area (Å²) in [4.78, 5) is 11.3. The van der Waals surface area contributed by atoms with Gasteiger partial charge in [0.15, 0.2) is 5.78 Å². The van der Waals surface area contributed by atoms with Gasteiger partial charge in [-0.3, -0.25) is 4.79 Å². The zero-order chi connectivity index (χ0) is 12.5. The number of hydrogen-bond donors (Lipinski definition) is 0. The molecule has 7 heteroatoms. The predicted octanol–water partition coefficient (Wildman–Crippen LogP) is 4.38. The van der Waals surface area contributed by atoms with Crippen molar-refractivity contribution in [3.8, 4) is 0 Å². The molecule has 88 valence electrons. The van der Waals surface area contributed by atoms with E-state index in [2.05, 4.69) is 0 Å². The van der Waals surface area contributed by atoms with Crippen LogP contribution in [0.3, 0.4) is 0 Å². The Morgan fingerprint density at radius 2 is 1.94 bits per heavy atom. The van der Waals surface area contributed by atoms with Crippen molar-refractivity contribution < 1.29 is 18.0 Å². The second-order valence-electron chi connectivity index (χ2n) is 2.86. The van der Waals surface area contributed by atoms with E-state index < -0.39 is 29.0 Å². The van der Waals surface area contributed by atoms with Gasteiger partial charge in [-0.05, 0) is 34.7 Å². The molecule has 0 aliphatic heterocycles. The van der Waals surface area contributed by atoms with Gasteiger partial charge in [-0.25, -0.2) is 0 Å². The minimum atomic E-state index is -4.62. The second-order valence-corrected chi connectivity index (χ2v) is 4.78. The van der Waals surface area contributed by atoms with Gasteiger partial charge in [0.1, 0.15) is 0 Å². The maximum Gasteiger partial charge on any atom is 0.417 e. The van der Waals surface area contributed by atoms with Crippen molar-refractivity contribution in [2.75, 3.05) is 5.88 Å². The molecule has 1 nitrogen and oxygen atoms in total. The van der Waals surface area contributed by atoms with Crippen LogP contribution in [-0.2, 0) is 6.18 Å². The van der Waals surface area contributed by atoms with E-state index >= 15 is 0 Å². The maximum atomic E-state index is 12.6. The molecule has 0 unspecified atom stereocenters. The van der Waals surface area contributed by atoms with Crippen LogP contribution in [0, 0.1) is 3.57 Å². The van der Waals surface area contributed by atoms with Gasteiger partial charge in [0.25, 0.3) is 0 Å². The highest BCUT2D eigenvalue weighted by atomic mass is 127. The van der Waals surface area contributed by atoms with Crippen molar-refractivity contribution >= 4 is 51.6 Å². The van der Waals surface area contributed by atoms with Crippen LogP contribution in [0.1, 0.15) is 15.9 Å². The van der Waals surface area contributed by atoms with Gasteiger partial charge in [0.05, 0.1) is 16.5 Å². The predicted molar refractivity (Wildman–Crippen MR) is 64.2 cm³/mol. The minimum Gasteiger partial charge on any atom is -0.293 e. The van der Waals surface area contributed by atoms with Crippen LogP contribution < -0.4 is 0 Å². The molecule has 0 saturated carbocycles. The number of Topliss-reactive ketones (excluding diaryl/α,β-unsaturated/α-hetero) is 1. The van der Waals surface area contributed by atoms with Crippen molar-refractivity contribution in [1.82, 2.24) is 0 Å². The molecule has 0 aromatic heterocycles. The number of carbonyl (C=O) groups excluding carboxylic acids is 1. The van der Waals surface area contributed by atoms with E-state index in [1.165, 1.54) is 6.07 Å². The fraction of sp³-hybridized carbons (Fsp3) is 0.222. The largest absolute Gasteiger partial charge is 0.417 e. The quantitative estimate of drug-likeness (QED) is 0.421. The Hall–Kier alpha value is -0.0100. The molecular weight excluding hydrogens is 379 g/mol. The summed E-state index contributed by atoms with van der Waals surface area (Å²) in [6.45, 7) is 0. The Morgan fingerprint density at radius 1 is 1.38 bits per heavy atom. The zero-order valence-electron chi connectivity index (χ0n) is 7.54. The molecule has 16 heavy (non-hydrogen) atoms. The number of halogens is 6. The number of alkyl halides is 4. The lowest BCUT2D eigenvalue weighted by atomic mass is 10.0. The molecule has 0 N–H and O–H groups in total. The van der Waals surface area contributed by atoms with Crippen LogP contribution in [0.4, 0.5) is 13.2 Å². The Morgan fingerprint density at radius 3 is 2.38 bits per heavy atom. The van der Waals surface area contributed by atoms with Gasteiger partial charge in [0.2, 0.25) is 0 Å². The Kier molecular flexibility index (Phi) is 4.48. The summed E-state index contributed by atoms with van der Waals surface area (Å²) in [5.41, 5.74) is -1.61. The van der Waals surface area contributed by atoms with Crippen molar-refractivity contribution in [3.63, 3.8) is 0 Å². The van der Waals surface area contributed by atoms with E-state index in [0.717, 1.165) is 6.07 Å². The number of rotatable bonds is 2. The van der Waals surface area contributed by atoms with E-state index in [1.807, 2.05) is 0 Å². The topological polar surface area (TPSA) is 17.1 Å². The molecule has 1 aromatic carbocycles. The molecule has 0 amide bonds. The first-order valence-corrected chi connectivity index (χ1v) is 5.92. The van der Waals surface area contributed by atoms with Crippen LogP contribution in [0.2, 0.25) is 5.02 Å². The fourth-order valence-electron chi connectivity index (χ4n) is 1.15. The van der Waals surface area contributed by atoms with Crippen LogP contribution >= 0.6 is 45.8 Å². The maximum absolute atomic E-state index is 12.6. The van der Waals surface area contributed by atoms with Crippen molar-refractivity contribution in [1.29, 1.82) is 0 Å². The lowest BCUT2D eigenvalue weighted by molar-refractivity contribution is -0.137. The molecular formula is C9H4Cl2F3IO. The van der Waals surface area contributed by atoms with Crippen LogP contribution in [0.5, 0.6) is 0 Å². The average Bonchev–Trinajstić information content (AvgIpc) is 2.14. The normalized spacial score (nSPS) is 11.6. The molecule has 0 fully saturated rings. The molecule has 0 spiro atoms. The summed E-state index contributed by atoms with van der Waals surface area (Å²) in [6, 6.07) is 2.16.